The first-order valence-corrected chi connectivity index (χ1v) is 5.63. The molecule has 15 heavy (non-hydrogen) atoms. The van der Waals surface area contributed by atoms with Crippen LogP contribution in [0.1, 0.15) is 47.0 Å². The number of esters is 1. The van der Waals surface area contributed by atoms with E-state index in [1.807, 2.05) is 0 Å². The maximum Gasteiger partial charge on any atom is 0.333 e. The molecule has 0 atom stereocenters. The zero-order valence-electron chi connectivity index (χ0n) is 10.6. The summed E-state index contributed by atoms with van der Waals surface area (Å²) in [6.07, 6.45) is 2.85. The molecule has 0 aliphatic carbocycles. The van der Waals surface area contributed by atoms with Crippen LogP contribution < -0.4 is 0 Å². The summed E-state index contributed by atoms with van der Waals surface area (Å²) in [7, 11) is 0. The average molecular weight is 213 g/mol. The highest BCUT2D eigenvalue weighted by molar-refractivity contribution is 5.87. The van der Waals surface area contributed by atoms with Crippen molar-refractivity contribution in [2.45, 2.75) is 47.0 Å². The first-order valence-electron chi connectivity index (χ1n) is 5.63. The number of hydrogen-bond acceptors (Lipinski definition) is 2. The lowest BCUT2D eigenvalue weighted by atomic mass is 10.1. The highest BCUT2D eigenvalue weighted by Gasteiger charge is 2.05. The van der Waals surface area contributed by atoms with Crippen LogP contribution in [0.25, 0.3) is 0 Å². The van der Waals surface area contributed by atoms with Crippen LogP contribution in [0.2, 0.25) is 0 Å². The summed E-state index contributed by atoms with van der Waals surface area (Å²) in [5.74, 6) is 0.334. The summed E-state index contributed by atoms with van der Waals surface area (Å²) in [4.78, 5) is 10.9. The minimum Gasteiger partial charge on any atom is -0.463 e. The van der Waals surface area contributed by atoms with Crippen LogP contribution in [0.4, 0.5) is 0 Å². The Kier molecular flexibility index (Phi) is 12.5. The maximum absolute atomic E-state index is 10.9. The van der Waals surface area contributed by atoms with Crippen LogP contribution in [-0.4, -0.2) is 12.6 Å². The van der Waals surface area contributed by atoms with Crippen molar-refractivity contribution in [1.82, 2.24) is 0 Å². The summed E-state index contributed by atoms with van der Waals surface area (Å²) in [5, 5.41) is 0. The van der Waals surface area contributed by atoms with Gasteiger partial charge in [0.05, 0.1) is 6.61 Å². The molecule has 0 rings (SSSR count). The summed E-state index contributed by atoms with van der Waals surface area (Å²) in [5.41, 5.74) is 0.591. The molecule has 0 aromatic carbocycles. The quantitative estimate of drug-likeness (QED) is 0.513. The third-order valence-corrected chi connectivity index (χ3v) is 1.40. The first-order chi connectivity index (χ1) is 6.95. The van der Waals surface area contributed by atoms with Gasteiger partial charge in [-0.2, -0.15) is 0 Å². The van der Waals surface area contributed by atoms with Crippen molar-refractivity contribution in [1.29, 1.82) is 0 Å². The van der Waals surface area contributed by atoms with E-state index in [4.69, 9.17) is 4.74 Å². The highest BCUT2D eigenvalue weighted by atomic mass is 16.5. The molecule has 0 bridgehead atoms. The minimum absolute atomic E-state index is 0.249. The molecule has 0 spiro atoms. The second kappa shape index (κ2) is 11.3. The molecule has 0 aromatic rings. The number of ether oxygens (including phenoxy) is 1. The van der Waals surface area contributed by atoms with E-state index in [-0.39, 0.29) is 5.97 Å². The molecule has 0 saturated heterocycles. The average Bonchev–Trinajstić information content (AvgIpc) is 2.13. The molecule has 0 aromatic heterocycles. The molecule has 0 amide bonds. The van der Waals surface area contributed by atoms with E-state index in [1.165, 1.54) is 0 Å². The van der Waals surface area contributed by atoms with Gasteiger partial charge in [-0.1, -0.05) is 40.7 Å². The Bertz CT molecular complexity index is 169. The van der Waals surface area contributed by atoms with Gasteiger partial charge in [-0.25, -0.2) is 4.79 Å². The molecule has 0 aliphatic heterocycles. The van der Waals surface area contributed by atoms with Crippen LogP contribution >= 0.6 is 0 Å². The fourth-order valence-corrected chi connectivity index (χ4v) is 0.725. The lowest BCUT2D eigenvalue weighted by Gasteiger charge is -2.02. The van der Waals surface area contributed by atoms with Gasteiger partial charge in [0.15, 0.2) is 0 Å². The molecule has 0 N–H and O–H groups in total. The summed E-state index contributed by atoms with van der Waals surface area (Å²) in [6.45, 7) is 15.7. The van der Waals surface area contributed by atoms with Crippen molar-refractivity contribution in [2.24, 2.45) is 5.92 Å². The monoisotopic (exact) mass is 213 g/mol. The Balaban J connectivity index is 0. The van der Waals surface area contributed by atoms with Crippen LogP contribution in [0.5, 0.6) is 0 Å². The Morgan fingerprint density at radius 2 is 1.80 bits per heavy atom. The Morgan fingerprint density at radius 1 is 1.33 bits per heavy atom. The van der Waals surface area contributed by atoms with Crippen LogP contribution in [0.3, 0.4) is 0 Å². The van der Waals surface area contributed by atoms with Gasteiger partial charge in [0, 0.05) is 5.57 Å². The van der Waals surface area contributed by atoms with Crippen molar-refractivity contribution >= 4 is 5.97 Å². The molecular weight excluding hydrogens is 188 g/mol. The van der Waals surface area contributed by atoms with E-state index in [1.54, 1.807) is 6.92 Å². The molecular formula is C13H25O2. The Morgan fingerprint density at radius 3 is 2.13 bits per heavy atom. The van der Waals surface area contributed by atoms with Gasteiger partial charge in [0.1, 0.15) is 0 Å². The smallest absolute Gasteiger partial charge is 0.333 e. The van der Waals surface area contributed by atoms with Gasteiger partial charge in [-0.05, 0) is 25.7 Å². The number of hydrogen-bond donors (Lipinski definition) is 0. The van der Waals surface area contributed by atoms with Gasteiger partial charge in [0.25, 0.3) is 0 Å². The highest BCUT2D eigenvalue weighted by Crippen LogP contribution is 2.06. The van der Waals surface area contributed by atoms with Gasteiger partial charge < -0.3 is 4.74 Å². The summed E-state index contributed by atoms with van der Waals surface area (Å²) < 4.78 is 4.76. The van der Waals surface area contributed by atoms with Gasteiger partial charge in [-0.3, -0.25) is 0 Å². The zero-order valence-corrected chi connectivity index (χ0v) is 10.6. The van der Waals surface area contributed by atoms with E-state index in [0.717, 1.165) is 19.3 Å². The molecule has 0 heterocycles. The van der Waals surface area contributed by atoms with E-state index < -0.39 is 0 Å². The third kappa shape index (κ3) is 15.9. The largest absolute Gasteiger partial charge is 0.463 e. The van der Waals surface area contributed by atoms with E-state index >= 15 is 0 Å². The lowest BCUT2D eigenvalue weighted by molar-refractivity contribution is -0.138. The predicted molar refractivity (Wildman–Crippen MR) is 65.5 cm³/mol. The molecule has 2 heteroatoms. The van der Waals surface area contributed by atoms with Crippen molar-refractivity contribution in [3.05, 3.63) is 19.1 Å². The molecule has 0 saturated carbocycles. The topological polar surface area (TPSA) is 26.3 Å². The van der Waals surface area contributed by atoms with E-state index in [0.29, 0.717) is 18.1 Å². The van der Waals surface area contributed by atoms with Crippen molar-refractivity contribution < 1.29 is 9.53 Å². The molecule has 0 fully saturated rings. The normalized spacial score (nSPS) is 9.20. The van der Waals surface area contributed by atoms with Crippen molar-refractivity contribution in [3.63, 3.8) is 0 Å². The van der Waals surface area contributed by atoms with Crippen LogP contribution in [0, 0.1) is 12.8 Å². The molecule has 89 valence electrons. The first kappa shape index (κ1) is 16.6. The minimum atomic E-state index is -0.249. The molecule has 1 radical (unpaired) electrons. The maximum atomic E-state index is 10.9. The predicted octanol–water partition coefficient (Wildman–Crippen LogP) is 3.77. The molecule has 2 nitrogen and oxygen atoms in total. The summed E-state index contributed by atoms with van der Waals surface area (Å²) >= 11 is 0. The fourth-order valence-electron chi connectivity index (χ4n) is 0.725. The Labute approximate surface area is 94.7 Å². The van der Waals surface area contributed by atoms with E-state index in [9.17, 15) is 4.79 Å². The second-order valence-electron chi connectivity index (χ2n) is 3.82. The molecule has 0 aliphatic rings. The number of unbranched alkanes of at least 4 members (excludes halogenated alkanes) is 1. The lowest BCUT2D eigenvalue weighted by Crippen LogP contribution is -2.06. The van der Waals surface area contributed by atoms with E-state index in [2.05, 4.69) is 34.3 Å². The van der Waals surface area contributed by atoms with Crippen LogP contribution in [0.15, 0.2) is 12.2 Å². The van der Waals surface area contributed by atoms with Crippen molar-refractivity contribution in [2.75, 3.05) is 6.61 Å². The molecule has 0 unspecified atom stereocenters. The zero-order chi connectivity index (χ0) is 12.3. The summed E-state index contributed by atoms with van der Waals surface area (Å²) in [6, 6.07) is 0. The van der Waals surface area contributed by atoms with Gasteiger partial charge >= 0.3 is 5.97 Å². The number of carbonyl (C=O) groups is 1. The SMILES string of the molecule is C=C(CCCC)C(=O)OCC.[CH2]C(C)C. The second-order valence-corrected chi connectivity index (χ2v) is 3.82. The number of carbonyl (C=O) groups excluding carboxylic acids is 1. The van der Waals surface area contributed by atoms with Crippen LogP contribution in [-0.2, 0) is 9.53 Å². The van der Waals surface area contributed by atoms with Crippen molar-refractivity contribution in [3.8, 4) is 0 Å². The standard InChI is InChI=1S/C9H16O2.C4H9/c1-4-6-7-8(3)9(10)11-5-2;1-4(2)3/h3-7H2,1-2H3;4H,1H2,2-3H3. The Hall–Kier alpha value is -0.790. The number of rotatable bonds is 5. The van der Waals surface area contributed by atoms with Gasteiger partial charge in [-0.15, -0.1) is 0 Å². The van der Waals surface area contributed by atoms with Gasteiger partial charge in [0.2, 0.25) is 0 Å². The fraction of sp³-hybridized carbons (Fsp3) is 0.692. The third-order valence-electron chi connectivity index (χ3n) is 1.40.